The van der Waals surface area contributed by atoms with Crippen molar-refractivity contribution in [3.63, 3.8) is 0 Å². The van der Waals surface area contributed by atoms with Crippen LogP contribution in [0.25, 0.3) is 5.57 Å². The third-order valence-corrected chi connectivity index (χ3v) is 1.83. The zero-order valence-corrected chi connectivity index (χ0v) is 8.66. The van der Waals surface area contributed by atoms with E-state index in [0.717, 1.165) is 16.9 Å². The Kier molecular flexibility index (Phi) is 3.72. The maximum absolute atomic E-state index is 8.87. The van der Waals surface area contributed by atoms with Gasteiger partial charge in [0.2, 0.25) is 0 Å². The summed E-state index contributed by atoms with van der Waals surface area (Å²) in [6, 6.07) is 7.57. The molecule has 14 heavy (non-hydrogen) atoms. The second-order valence-electron chi connectivity index (χ2n) is 3.45. The molecule has 1 aromatic carbocycles. The van der Waals surface area contributed by atoms with E-state index >= 15 is 0 Å². The second-order valence-corrected chi connectivity index (χ2v) is 3.45. The van der Waals surface area contributed by atoms with E-state index in [2.05, 4.69) is 6.58 Å². The Morgan fingerprint density at radius 1 is 1.36 bits per heavy atom. The van der Waals surface area contributed by atoms with Crippen LogP contribution in [0, 0.1) is 0 Å². The number of aliphatic hydroxyl groups is 1. The van der Waals surface area contributed by atoms with Crippen LogP contribution in [0.3, 0.4) is 0 Å². The lowest BCUT2D eigenvalue weighted by molar-refractivity contribution is 0.242. The standard InChI is InChI=1S/C12H16O2/c1-9(2)14-12-6-4-11(5-7-12)10(3)8-13/h4-7,9,13H,3,8H2,1-2H3. The summed E-state index contributed by atoms with van der Waals surface area (Å²) in [6.07, 6.45) is 0.182. The molecule has 0 aliphatic carbocycles. The highest BCUT2D eigenvalue weighted by molar-refractivity contribution is 5.64. The Morgan fingerprint density at radius 2 is 1.93 bits per heavy atom. The Balaban J connectivity index is 2.73. The SMILES string of the molecule is C=C(CO)c1ccc(OC(C)C)cc1. The molecule has 0 heterocycles. The highest BCUT2D eigenvalue weighted by Crippen LogP contribution is 2.17. The third-order valence-electron chi connectivity index (χ3n) is 1.83. The topological polar surface area (TPSA) is 29.5 Å². The van der Waals surface area contributed by atoms with E-state index < -0.39 is 0 Å². The third kappa shape index (κ3) is 2.89. The van der Waals surface area contributed by atoms with Gasteiger partial charge >= 0.3 is 0 Å². The number of ether oxygens (including phenoxy) is 1. The molecule has 0 amide bonds. The van der Waals surface area contributed by atoms with Crippen molar-refractivity contribution in [3.8, 4) is 5.75 Å². The van der Waals surface area contributed by atoms with Gasteiger partial charge in [-0.1, -0.05) is 18.7 Å². The van der Waals surface area contributed by atoms with E-state index in [1.165, 1.54) is 0 Å². The van der Waals surface area contributed by atoms with Crippen LogP contribution >= 0.6 is 0 Å². The van der Waals surface area contributed by atoms with Gasteiger partial charge in [0, 0.05) is 0 Å². The molecule has 76 valence electrons. The predicted molar refractivity (Wildman–Crippen MR) is 58.3 cm³/mol. The average molecular weight is 192 g/mol. The van der Waals surface area contributed by atoms with Crippen molar-refractivity contribution < 1.29 is 9.84 Å². The van der Waals surface area contributed by atoms with Gasteiger partial charge in [0.1, 0.15) is 5.75 Å². The molecule has 0 unspecified atom stereocenters. The molecular weight excluding hydrogens is 176 g/mol. The molecule has 0 fully saturated rings. The van der Waals surface area contributed by atoms with E-state index in [-0.39, 0.29) is 12.7 Å². The van der Waals surface area contributed by atoms with Gasteiger partial charge in [0.15, 0.2) is 0 Å². The number of rotatable bonds is 4. The van der Waals surface area contributed by atoms with Crippen LogP contribution < -0.4 is 4.74 Å². The molecule has 0 aliphatic rings. The zero-order chi connectivity index (χ0) is 10.6. The quantitative estimate of drug-likeness (QED) is 0.794. The second kappa shape index (κ2) is 4.82. The monoisotopic (exact) mass is 192 g/mol. The molecular formula is C12H16O2. The van der Waals surface area contributed by atoms with Gasteiger partial charge in [-0.3, -0.25) is 0 Å². The molecule has 2 heteroatoms. The van der Waals surface area contributed by atoms with E-state index in [4.69, 9.17) is 9.84 Å². The average Bonchev–Trinajstić information content (AvgIpc) is 2.17. The molecule has 0 saturated heterocycles. The minimum absolute atomic E-state index is 0.00954. The first-order valence-corrected chi connectivity index (χ1v) is 4.69. The van der Waals surface area contributed by atoms with Gasteiger partial charge in [-0.05, 0) is 37.1 Å². The maximum atomic E-state index is 8.87. The lowest BCUT2D eigenvalue weighted by atomic mass is 10.1. The van der Waals surface area contributed by atoms with Crippen LogP contribution in [0.5, 0.6) is 5.75 Å². The highest BCUT2D eigenvalue weighted by atomic mass is 16.5. The summed E-state index contributed by atoms with van der Waals surface area (Å²) in [5.74, 6) is 0.842. The van der Waals surface area contributed by atoms with Crippen molar-refractivity contribution in [2.24, 2.45) is 0 Å². The van der Waals surface area contributed by atoms with Crippen LogP contribution in [0.4, 0.5) is 0 Å². The van der Waals surface area contributed by atoms with Crippen LogP contribution in [0.15, 0.2) is 30.8 Å². The Labute approximate surface area is 84.8 Å². The van der Waals surface area contributed by atoms with Gasteiger partial charge in [0.05, 0.1) is 12.7 Å². The largest absolute Gasteiger partial charge is 0.491 e. The fourth-order valence-corrected chi connectivity index (χ4v) is 1.13. The summed E-state index contributed by atoms with van der Waals surface area (Å²) in [4.78, 5) is 0. The van der Waals surface area contributed by atoms with Crippen LogP contribution in [-0.2, 0) is 0 Å². The van der Waals surface area contributed by atoms with E-state index in [9.17, 15) is 0 Å². The zero-order valence-electron chi connectivity index (χ0n) is 8.66. The van der Waals surface area contributed by atoms with Crippen LogP contribution in [-0.4, -0.2) is 17.8 Å². The highest BCUT2D eigenvalue weighted by Gasteiger charge is 1.99. The van der Waals surface area contributed by atoms with Gasteiger partial charge in [-0.25, -0.2) is 0 Å². The number of hydrogen-bond donors (Lipinski definition) is 1. The lowest BCUT2D eigenvalue weighted by Crippen LogP contribution is -2.05. The number of benzene rings is 1. The fraction of sp³-hybridized carbons (Fsp3) is 0.333. The molecule has 1 rings (SSSR count). The fourth-order valence-electron chi connectivity index (χ4n) is 1.13. The van der Waals surface area contributed by atoms with Crippen LogP contribution in [0.2, 0.25) is 0 Å². The van der Waals surface area contributed by atoms with Gasteiger partial charge in [-0.2, -0.15) is 0 Å². The van der Waals surface area contributed by atoms with Gasteiger partial charge < -0.3 is 9.84 Å². The smallest absolute Gasteiger partial charge is 0.119 e. The van der Waals surface area contributed by atoms with Crippen LogP contribution in [0.1, 0.15) is 19.4 Å². The summed E-state index contributed by atoms with van der Waals surface area (Å²) in [5, 5.41) is 8.87. The molecule has 0 aliphatic heterocycles. The first-order chi connectivity index (χ1) is 6.63. The molecule has 0 bridgehead atoms. The Morgan fingerprint density at radius 3 is 2.36 bits per heavy atom. The molecule has 1 aromatic rings. The summed E-state index contributed by atoms with van der Waals surface area (Å²) in [7, 11) is 0. The van der Waals surface area contributed by atoms with Gasteiger partial charge in [0.25, 0.3) is 0 Å². The molecule has 1 N–H and O–H groups in total. The maximum Gasteiger partial charge on any atom is 0.119 e. The van der Waals surface area contributed by atoms with Crippen molar-refractivity contribution in [1.82, 2.24) is 0 Å². The van der Waals surface area contributed by atoms with Crippen molar-refractivity contribution in [1.29, 1.82) is 0 Å². The van der Waals surface area contributed by atoms with E-state index in [1.54, 1.807) is 0 Å². The first kappa shape index (κ1) is 10.8. The molecule has 0 atom stereocenters. The summed E-state index contributed by atoms with van der Waals surface area (Å²) in [6.45, 7) is 7.71. The summed E-state index contributed by atoms with van der Waals surface area (Å²) >= 11 is 0. The predicted octanol–water partition coefficient (Wildman–Crippen LogP) is 2.48. The van der Waals surface area contributed by atoms with E-state index in [0.29, 0.717) is 0 Å². The van der Waals surface area contributed by atoms with Crippen molar-refractivity contribution in [2.75, 3.05) is 6.61 Å². The molecule has 0 radical (unpaired) electrons. The summed E-state index contributed by atoms with van der Waals surface area (Å²) < 4.78 is 5.49. The summed E-state index contributed by atoms with van der Waals surface area (Å²) in [5.41, 5.74) is 1.67. The van der Waals surface area contributed by atoms with Crippen molar-refractivity contribution in [3.05, 3.63) is 36.4 Å². The number of aliphatic hydroxyl groups excluding tert-OH is 1. The lowest BCUT2D eigenvalue weighted by Gasteiger charge is -2.10. The number of hydrogen-bond acceptors (Lipinski definition) is 2. The molecule has 0 spiro atoms. The minimum atomic E-state index is -0.00954. The van der Waals surface area contributed by atoms with Gasteiger partial charge in [-0.15, -0.1) is 0 Å². The molecule has 0 aromatic heterocycles. The van der Waals surface area contributed by atoms with Crippen molar-refractivity contribution in [2.45, 2.75) is 20.0 Å². The van der Waals surface area contributed by atoms with E-state index in [1.807, 2.05) is 38.1 Å². The normalized spacial score (nSPS) is 10.3. The Bertz CT molecular complexity index is 299. The Hall–Kier alpha value is -1.28. The minimum Gasteiger partial charge on any atom is -0.491 e. The molecule has 2 nitrogen and oxygen atoms in total. The molecule has 0 saturated carbocycles. The van der Waals surface area contributed by atoms with Crippen molar-refractivity contribution >= 4 is 5.57 Å². The first-order valence-electron chi connectivity index (χ1n) is 4.69.